The van der Waals surface area contributed by atoms with E-state index >= 15 is 0 Å². The molecule has 1 rings (SSSR count). The summed E-state index contributed by atoms with van der Waals surface area (Å²) in [5, 5.41) is 20.5. The Morgan fingerprint density at radius 3 is 2.47 bits per heavy atom. The van der Waals surface area contributed by atoms with Gasteiger partial charge < -0.3 is 20.4 Å². The number of aliphatic hydroxyl groups is 1. The van der Waals surface area contributed by atoms with Crippen molar-refractivity contribution < 1.29 is 24.6 Å². The molecule has 1 aliphatic heterocycles. The van der Waals surface area contributed by atoms with Crippen LogP contribution in [0.1, 0.15) is 26.7 Å². The highest BCUT2D eigenvalue weighted by Gasteiger charge is 2.31. The largest absolute Gasteiger partial charge is 0.480 e. The summed E-state index contributed by atoms with van der Waals surface area (Å²) in [7, 11) is 0. The molecule has 1 aliphatic rings. The second-order valence-corrected chi connectivity index (χ2v) is 4.87. The lowest BCUT2D eigenvalue weighted by Gasteiger charge is -2.32. The van der Waals surface area contributed by atoms with E-state index in [1.807, 2.05) is 0 Å². The third-order valence-corrected chi connectivity index (χ3v) is 3.28. The summed E-state index contributed by atoms with van der Waals surface area (Å²) in [6, 6.07) is -1.32. The topological polar surface area (TPSA) is 107 Å². The number of rotatable bonds is 4. The van der Waals surface area contributed by atoms with Gasteiger partial charge in [-0.1, -0.05) is 0 Å². The van der Waals surface area contributed by atoms with E-state index in [0.29, 0.717) is 25.9 Å². The van der Waals surface area contributed by atoms with Crippen molar-refractivity contribution in [1.29, 1.82) is 0 Å². The molecule has 1 saturated heterocycles. The fourth-order valence-corrected chi connectivity index (χ4v) is 2.14. The Morgan fingerprint density at radius 1 is 1.37 bits per heavy atom. The Bertz CT molecular complexity index is 369. The molecule has 0 aliphatic carbocycles. The van der Waals surface area contributed by atoms with Gasteiger partial charge in [0.2, 0.25) is 11.8 Å². The summed E-state index contributed by atoms with van der Waals surface area (Å²) in [6.07, 6.45) is 0.153. The van der Waals surface area contributed by atoms with E-state index < -0.39 is 29.9 Å². The minimum atomic E-state index is -1.32. The molecule has 19 heavy (non-hydrogen) atoms. The first-order chi connectivity index (χ1) is 8.82. The third kappa shape index (κ3) is 4.20. The molecule has 1 fully saturated rings. The fourth-order valence-electron chi connectivity index (χ4n) is 2.14. The van der Waals surface area contributed by atoms with Crippen molar-refractivity contribution >= 4 is 17.8 Å². The van der Waals surface area contributed by atoms with Crippen LogP contribution < -0.4 is 5.32 Å². The number of nitrogens with one attached hydrogen (secondary N) is 1. The number of carbonyl (C=O) groups is 3. The van der Waals surface area contributed by atoms with Crippen LogP contribution >= 0.6 is 0 Å². The van der Waals surface area contributed by atoms with Crippen LogP contribution in [0.15, 0.2) is 0 Å². The molecule has 0 aromatic rings. The van der Waals surface area contributed by atoms with Gasteiger partial charge in [-0.2, -0.15) is 0 Å². The monoisotopic (exact) mass is 272 g/mol. The molecule has 0 spiro atoms. The Morgan fingerprint density at radius 2 is 2.00 bits per heavy atom. The van der Waals surface area contributed by atoms with Crippen molar-refractivity contribution in [2.24, 2.45) is 5.92 Å². The number of piperidine rings is 1. The van der Waals surface area contributed by atoms with Crippen LogP contribution in [-0.4, -0.2) is 58.1 Å². The SMILES string of the molecule is CC(=O)N1CCCC(C(=O)N[C@H](C(=O)O)[C@@H](C)O)C1. The fraction of sp³-hybridized carbons (Fsp3) is 0.750. The first-order valence-electron chi connectivity index (χ1n) is 6.29. The number of carboxylic acid groups (broad SMARTS) is 1. The minimum Gasteiger partial charge on any atom is -0.480 e. The number of amides is 2. The predicted molar refractivity (Wildman–Crippen MR) is 66.2 cm³/mol. The molecule has 0 radical (unpaired) electrons. The van der Waals surface area contributed by atoms with Crippen LogP contribution in [0.4, 0.5) is 0 Å². The van der Waals surface area contributed by atoms with Gasteiger partial charge in [0.1, 0.15) is 0 Å². The molecule has 0 aromatic carbocycles. The van der Waals surface area contributed by atoms with E-state index in [0.717, 1.165) is 0 Å². The summed E-state index contributed by atoms with van der Waals surface area (Å²) < 4.78 is 0. The molecule has 0 aromatic heterocycles. The smallest absolute Gasteiger partial charge is 0.328 e. The summed E-state index contributed by atoms with van der Waals surface area (Å²) in [5.74, 6) is -2.22. The van der Waals surface area contributed by atoms with E-state index in [-0.39, 0.29) is 5.91 Å². The van der Waals surface area contributed by atoms with Crippen LogP contribution in [0.25, 0.3) is 0 Å². The van der Waals surface area contributed by atoms with E-state index in [2.05, 4.69) is 5.32 Å². The molecule has 1 heterocycles. The van der Waals surface area contributed by atoms with Crippen molar-refractivity contribution in [2.75, 3.05) is 13.1 Å². The number of carbonyl (C=O) groups excluding carboxylic acids is 2. The summed E-state index contributed by atoms with van der Waals surface area (Å²) in [6.45, 7) is 3.67. The third-order valence-electron chi connectivity index (χ3n) is 3.28. The van der Waals surface area contributed by atoms with Gasteiger partial charge in [0, 0.05) is 20.0 Å². The van der Waals surface area contributed by atoms with Crippen molar-refractivity contribution in [2.45, 2.75) is 38.8 Å². The zero-order chi connectivity index (χ0) is 14.6. The molecule has 1 unspecified atom stereocenters. The summed E-state index contributed by atoms with van der Waals surface area (Å²) in [5.41, 5.74) is 0. The van der Waals surface area contributed by atoms with E-state index in [1.165, 1.54) is 13.8 Å². The van der Waals surface area contributed by atoms with Gasteiger partial charge in [0.25, 0.3) is 0 Å². The molecule has 3 atom stereocenters. The van der Waals surface area contributed by atoms with Gasteiger partial charge in [-0.3, -0.25) is 9.59 Å². The quantitative estimate of drug-likeness (QED) is 0.621. The lowest BCUT2D eigenvalue weighted by Crippen LogP contribution is -2.52. The van der Waals surface area contributed by atoms with E-state index in [1.54, 1.807) is 4.90 Å². The zero-order valence-electron chi connectivity index (χ0n) is 11.1. The molecule has 3 N–H and O–H groups in total. The number of hydrogen-bond donors (Lipinski definition) is 3. The van der Waals surface area contributed by atoms with Gasteiger partial charge in [0.15, 0.2) is 6.04 Å². The van der Waals surface area contributed by atoms with Gasteiger partial charge >= 0.3 is 5.97 Å². The molecular formula is C12H20N2O5. The van der Waals surface area contributed by atoms with Gasteiger partial charge in [-0.25, -0.2) is 4.79 Å². The van der Waals surface area contributed by atoms with Crippen molar-refractivity contribution in [3.63, 3.8) is 0 Å². The van der Waals surface area contributed by atoms with E-state index in [4.69, 9.17) is 5.11 Å². The van der Waals surface area contributed by atoms with Crippen molar-refractivity contribution in [3.05, 3.63) is 0 Å². The standard InChI is InChI=1S/C12H20N2O5/c1-7(15)10(12(18)19)13-11(17)9-4-3-5-14(6-9)8(2)16/h7,9-10,15H,3-6H2,1-2H3,(H,13,17)(H,18,19)/t7-,9?,10+/m1/s1. The molecule has 0 bridgehead atoms. The Kier molecular flexibility index (Phi) is 5.29. The van der Waals surface area contributed by atoms with Gasteiger partial charge in [-0.05, 0) is 19.8 Å². The number of aliphatic carboxylic acids is 1. The molecule has 7 heteroatoms. The van der Waals surface area contributed by atoms with Gasteiger partial charge in [-0.15, -0.1) is 0 Å². The maximum absolute atomic E-state index is 12.0. The molecule has 2 amide bonds. The number of likely N-dealkylation sites (tertiary alicyclic amines) is 1. The second kappa shape index (κ2) is 6.51. The number of aliphatic hydroxyl groups excluding tert-OH is 1. The maximum atomic E-state index is 12.0. The first kappa shape index (κ1) is 15.4. The highest BCUT2D eigenvalue weighted by Crippen LogP contribution is 2.17. The summed E-state index contributed by atoms with van der Waals surface area (Å²) >= 11 is 0. The average molecular weight is 272 g/mol. The van der Waals surface area contributed by atoms with Crippen molar-refractivity contribution in [3.8, 4) is 0 Å². The molecular weight excluding hydrogens is 252 g/mol. The van der Waals surface area contributed by atoms with E-state index in [9.17, 15) is 19.5 Å². The van der Waals surface area contributed by atoms with Gasteiger partial charge in [0.05, 0.1) is 12.0 Å². The average Bonchev–Trinajstić information content (AvgIpc) is 2.34. The zero-order valence-corrected chi connectivity index (χ0v) is 11.1. The lowest BCUT2D eigenvalue weighted by atomic mass is 9.96. The maximum Gasteiger partial charge on any atom is 0.328 e. The predicted octanol–water partition coefficient (Wildman–Crippen LogP) is -0.805. The van der Waals surface area contributed by atoms with Crippen LogP contribution in [-0.2, 0) is 14.4 Å². The van der Waals surface area contributed by atoms with Crippen LogP contribution in [0.2, 0.25) is 0 Å². The van der Waals surface area contributed by atoms with Crippen molar-refractivity contribution in [1.82, 2.24) is 10.2 Å². The van der Waals surface area contributed by atoms with Crippen LogP contribution in [0.5, 0.6) is 0 Å². The minimum absolute atomic E-state index is 0.0946. The Hall–Kier alpha value is -1.63. The lowest BCUT2D eigenvalue weighted by molar-refractivity contribution is -0.146. The van der Waals surface area contributed by atoms with Crippen LogP contribution in [0, 0.1) is 5.92 Å². The normalized spacial score (nSPS) is 22.5. The second-order valence-electron chi connectivity index (χ2n) is 4.87. The Labute approximate surface area is 111 Å². The number of hydrogen-bond acceptors (Lipinski definition) is 4. The first-order valence-corrected chi connectivity index (χ1v) is 6.29. The molecule has 0 saturated carbocycles. The Balaban J connectivity index is 2.62. The molecule has 108 valence electrons. The highest BCUT2D eigenvalue weighted by molar-refractivity contribution is 5.86. The number of carboxylic acids is 1. The van der Waals surface area contributed by atoms with Crippen LogP contribution in [0.3, 0.4) is 0 Å². The summed E-state index contributed by atoms with van der Waals surface area (Å²) in [4.78, 5) is 35.7. The number of nitrogens with zero attached hydrogens (tertiary/aromatic N) is 1. The molecule has 7 nitrogen and oxygen atoms in total. The highest BCUT2D eigenvalue weighted by atomic mass is 16.4.